The molecule has 1 fully saturated rings. The molecule has 1 saturated heterocycles. The Labute approximate surface area is 245 Å². The normalized spacial score (nSPS) is 13.7. The van der Waals surface area contributed by atoms with Crippen molar-refractivity contribution in [1.29, 1.82) is 0 Å². The molecular weight excluding hydrogens is 592 g/mol. The number of benzene rings is 3. The Morgan fingerprint density at radius 2 is 1.76 bits per heavy atom. The van der Waals surface area contributed by atoms with E-state index in [0.29, 0.717) is 32.9 Å². The van der Waals surface area contributed by atoms with E-state index >= 15 is 0 Å². The van der Waals surface area contributed by atoms with Crippen molar-refractivity contribution >= 4 is 57.1 Å². The molecule has 1 aliphatic rings. The molecule has 0 aromatic heterocycles. The minimum Gasteiger partial charge on any atom is -0.493 e. The smallest absolute Gasteiger partial charge is 0.329 e. The average molecular weight is 621 g/mol. The third-order valence-corrected chi connectivity index (χ3v) is 6.77. The summed E-state index contributed by atoms with van der Waals surface area (Å²) >= 11 is 3.43. The highest BCUT2D eigenvalue weighted by molar-refractivity contribution is 9.10. The largest absolute Gasteiger partial charge is 0.493 e. The summed E-state index contributed by atoms with van der Waals surface area (Å²) in [6.45, 7) is 3.22. The first-order valence-corrected chi connectivity index (χ1v) is 13.6. The van der Waals surface area contributed by atoms with Crippen LogP contribution in [0.25, 0.3) is 6.08 Å². The van der Waals surface area contributed by atoms with Gasteiger partial charge in [0.05, 0.1) is 11.6 Å². The monoisotopic (exact) mass is 620 g/mol. The maximum absolute atomic E-state index is 13.0. The number of aryl methyl sites for hydroxylation is 2. The number of amides is 5. The number of hydrogen-bond donors (Lipinski definition) is 3. The van der Waals surface area contributed by atoms with E-state index in [4.69, 9.17) is 9.47 Å². The van der Waals surface area contributed by atoms with Crippen LogP contribution in [0.15, 0.2) is 70.8 Å². The van der Waals surface area contributed by atoms with Gasteiger partial charge in [0.2, 0.25) is 5.91 Å². The number of carbonyl (C=O) groups excluding carboxylic acids is 4. The molecule has 0 atom stereocenters. The van der Waals surface area contributed by atoms with Gasteiger partial charge in [0, 0.05) is 11.4 Å². The molecular formula is C30H29BrN4O6. The van der Waals surface area contributed by atoms with Gasteiger partial charge >= 0.3 is 6.03 Å². The molecule has 0 spiro atoms. The number of anilines is 2. The summed E-state index contributed by atoms with van der Waals surface area (Å²) in [5.74, 6) is -0.890. The number of methoxy groups -OCH3 is 1. The molecule has 5 amide bonds. The topological polar surface area (TPSA) is 126 Å². The van der Waals surface area contributed by atoms with Crippen molar-refractivity contribution in [3.05, 3.63) is 87.5 Å². The van der Waals surface area contributed by atoms with Crippen LogP contribution in [0.3, 0.4) is 0 Å². The third kappa shape index (κ3) is 7.31. The zero-order valence-corrected chi connectivity index (χ0v) is 24.3. The molecule has 3 N–H and O–H groups in total. The van der Waals surface area contributed by atoms with Crippen LogP contribution in [-0.4, -0.2) is 48.9 Å². The Balaban J connectivity index is 1.42. The molecule has 3 aromatic carbocycles. The minimum absolute atomic E-state index is 0.00291. The first-order valence-electron chi connectivity index (χ1n) is 12.8. The molecule has 0 radical (unpaired) electrons. The first kappa shape index (κ1) is 29.3. The van der Waals surface area contributed by atoms with E-state index in [1.54, 1.807) is 36.4 Å². The predicted octanol–water partition coefficient (Wildman–Crippen LogP) is 4.88. The molecule has 0 unspecified atom stereocenters. The second-order valence-electron chi connectivity index (χ2n) is 9.18. The SMILES string of the molecule is CCc1ccccc1NC(=O)CN1C(=O)N/C(=C/c2cc(Br)c(OCC(=O)Nc3ccc(C)cc3)c(OC)c2)C1=O. The Kier molecular flexibility index (Phi) is 9.41. The number of rotatable bonds is 10. The van der Waals surface area contributed by atoms with Gasteiger partial charge in [0.1, 0.15) is 12.2 Å². The Morgan fingerprint density at radius 1 is 1.02 bits per heavy atom. The fourth-order valence-corrected chi connectivity index (χ4v) is 4.67. The lowest BCUT2D eigenvalue weighted by Gasteiger charge is -2.14. The van der Waals surface area contributed by atoms with Gasteiger partial charge in [-0.05, 0) is 76.8 Å². The summed E-state index contributed by atoms with van der Waals surface area (Å²) < 4.78 is 11.6. The highest BCUT2D eigenvalue weighted by Gasteiger charge is 2.35. The van der Waals surface area contributed by atoms with E-state index in [0.717, 1.165) is 22.4 Å². The Morgan fingerprint density at radius 3 is 2.46 bits per heavy atom. The lowest BCUT2D eigenvalue weighted by atomic mass is 10.1. The van der Waals surface area contributed by atoms with Crippen LogP contribution in [0.1, 0.15) is 23.6 Å². The highest BCUT2D eigenvalue weighted by atomic mass is 79.9. The summed E-state index contributed by atoms with van der Waals surface area (Å²) in [5, 5.41) is 8.03. The molecule has 0 bridgehead atoms. The van der Waals surface area contributed by atoms with E-state index in [2.05, 4.69) is 31.9 Å². The van der Waals surface area contributed by atoms with Gasteiger partial charge in [0.25, 0.3) is 11.8 Å². The molecule has 4 rings (SSSR count). The zero-order valence-electron chi connectivity index (χ0n) is 22.7. The molecule has 1 aliphatic heterocycles. The Hall–Kier alpha value is -4.64. The summed E-state index contributed by atoms with van der Waals surface area (Å²) in [6, 6.07) is 17.3. The summed E-state index contributed by atoms with van der Waals surface area (Å²) in [5.41, 5.74) is 3.81. The van der Waals surface area contributed by atoms with Crippen molar-refractivity contribution in [2.45, 2.75) is 20.3 Å². The number of urea groups is 1. The molecule has 1 heterocycles. The van der Waals surface area contributed by atoms with Crippen molar-refractivity contribution in [2.75, 3.05) is 30.9 Å². The lowest BCUT2D eigenvalue weighted by Crippen LogP contribution is -2.38. The number of para-hydroxylation sites is 1. The number of imide groups is 1. The van der Waals surface area contributed by atoms with E-state index < -0.39 is 24.4 Å². The van der Waals surface area contributed by atoms with Crippen molar-refractivity contribution in [1.82, 2.24) is 10.2 Å². The number of carbonyl (C=O) groups is 4. The van der Waals surface area contributed by atoms with E-state index in [1.807, 2.05) is 38.1 Å². The van der Waals surface area contributed by atoms with E-state index in [1.165, 1.54) is 13.2 Å². The highest BCUT2D eigenvalue weighted by Crippen LogP contribution is 2.37. The molecule has 0 aliphatic carbocycles. The Bertz CT molecular complexity index is 1520. The second-order valence-corrected chi connectivity index (χ2v) is 10.0. The standard InChI is InChI=1S/C30H29BrN4O6/c1-4-20-7-5-6-8-23(20)33-26(36)16-35-29(38)24(34-30(35)39)14-19-13-22(31)28(25(15-19)40-3)41-17-27(37)32-21-11-9-18(2)10-12-21/h5-15H,4,16-17H2,1-3H3,(H,32,37)(H,33,36)(H,34,39)/b24-14+. The maximum Gasteiger partial charge on any atom is 0.329 e. The van der Waals surface area contributed by atoms with Gasteiger partial charge < -0.3 is 25.4 Å². The quantitative estimate of drug-likeness (QED) is 0.219. The number of ether oxygens (including phenoxy) is 2. The minimum atomic E-state index is -0.703. The van der Waals surface area contributed by atoms with E-state index in [-0.39, 0.29) is 18.2 Å². The zero-order chi connectivity index (χ0) is 29.5. The van der Waals surface area contributed by atoms with Gasteiger partial charge in [-0.25, -0.2) is 9.69 Å². The first-order chi connectivity index (χ1) is 19.7. The van der Waals surface area contributed by atoms with Crippen molar-refractivity contribution < 1.29 is 28.7 Å². The van der Waals surface area contributed by atoms with Crippen LogP contribution in [-0.2, 0) is 20.8 Å². The van der Waals surface area contributed by atoms with Crippen LogP contribution in [0.4, 0.5) is 16.2 Å². The van der Waals surface area contributed by atoms with Gasteiger partial charge in [-0.3, -0.25) is 14.4 Å². The molecule has 11 heteroatoms. The second kappa shape index (κ2) is 13.1. The van der Waals surface area contributed by atoms with Gasteiger partial charge in [-0.2, -0.15) is 0 Å². The van der Waals surface area contributed by atoms with Crippen LogP contribution >= 0.6 is 15.9 Å². The van der Waals surface area contributed by atoms with Gasteiger partial charge in [-0.1, -0.05) is 42.8 Å². The fourth-order valence-electron chi connectivity index (χ4n) is 4.10. The molecule has 212 valence electrons. The number of nitrogens with zero attached hydrogens (tertiary/aromatic N) is 1. The predicted molar refractivity (Wildman–Crippen MR) is 159 cm³/mol. The van der Waals surface area contributed by atoms with Crippen molar-refractivity contribution in [3.8, 4) is 11.5 Å². The van der Waals surface area contributed by atoms with Gasteiger partial charge in [0.15, 0.2) is 18.1 Å². The molecule has 41 heavy (non-hydrogen) atoms. The fraction of sp³-hybridized carbons (Fsp3) is 0.200. The molecule has 0 saturated carbocycles. The van der Waals surface area contributed by atoms with Crippen LogP contribution < -0.4 is 25.4 Å². The average Bonchev–Trinajstić information content (AvgIpc) is 3.20. The number of nitrogens with one attached hydrogen (secondary N) is 3. The van der Waals surface area contributed by atoms with Crippen molar-refractivity contribution in [2.24, 2.45) is 0 Å². The number of halogens is 1. The van der Waals surface area contributed by atoms with Crippen LogP contribution in [0.2, 0.25) is 0 Å². The van der Waals surface area contributed by atoms with Crippen molar-refractivity contribution in [3.63, 3.8) is 0 Å². The third-order valence-electron chi connectivity index (χ3n) is 6.18. The summed E-state index contributed by atoms with van der Waals surface area (Å²) in [6.07, 6.45) is 2.18. The summed E-state index contributed by atoms with van der Waals surface area (Å²) in [4.78, 5) is 51.3. The molecule has 3 aromatic rings. The lowest BCUT2D eigenvalue weighted by molar-refractivity contribution is -0.127. The van der Waals surface area contributed by atoms with Crippen LogP contribution in [0.5, 0.6) is 11.5 Å². The van der Waals surface area contributed by atoms with E-state index in [9.17, 15) is 19.2 Å². The van der Waals surface area contributed by atoms with Crippen LogP contribution in [0, 0.1) is 6.92 Å². The summed E-state index contributed by atoms with van der Waals surface area (Å²) in [7, 11) is 1.44. The maximum atomic E-state index is 13.0. The van der Waals surface area contributed by atoms with Gasteiger partial charge in [-0.15, -0.1) is 0 Å². The number of hydrogen-bond acceptors (Lipinski definition) is 6. The molecule has 10 nitrogen and oxygen atoms in total.